The second-order valence-electron chi connectivity index (χ2n) is 7.03. The lowest BCUT2D eigenvalue weighted by Crippen LogP contribution is -2.49. The van der Waals surface area contributed by atoms with Crippen molar-refractivity contribution < 1.29 is 9.53 Å². The van der Waals surface area contributed by atoms with Crippen LogP contribution in [0.1, 0.15) is 49.9 Å². The Kier molecular flexibility index (Phi) is 5.82. The van der Waals surface area contributed by atoms with Crippen molar-refractivity contribution in [2.45, 2.75) is 66.2 Å². The van der Waals surface area contributed by atoms with Crippen molar-refractivity contribution in [3.8, 4) is 0 Å². The van der Waals surface area contributed by atoms with Gasteiger partial charge in [0.2, 0.25) is 0 Å². The monoisotopic (exact) mass is 312 g/mol. The fourth-order valence-electron chi connectivity index (χ4n) is 1.86. The summed E-state index contributed by atoms with van der Waals surface area (Å²) in [6.45, 7) is 15.3. The zero-order chi connectivity index (χ0) is 16.3. The van der Waals surface area contributed by atoms with Gasteiger partial charge in [0.05, 0.1) is 0 Å². The normalized spacial score (nSPS) is 12.3. The number of alkyl carbamates (subject to hydrolysis) is 1. The first kappa shape index (κ1) is 18.0. The van der Waals surface area contributed by atoms with Gasteiger partial charge in [0, 0.05) is 28.4 Å². The molecule has 120 valence electrons. The second-order valence-corrected chi connectivity index (χ2v) is 8.49. The summed E-state index contributed by atoms with van der Waals surface area (Å²) in [5, 5.41) is 6.30. The molecule has 0 bridgehead atoms. The number of nitrogens with one attached hydrogen (secondary N) is 2. The zero-order valence-corrected chi connectivity index (χ0v) is 15.0. The minimum atomic E-state index is -0.465. The van der Waals surface area contributed by atoms with Gasteiger partial charge in [0.1, 0.15) is 5.60 Å². The predicted octanol–water partition coefficient (Wildman–Crippen LogP) is 3.76. The van der Waals surface area contributed by atoms with Crippen LogP contribution in [0.2, 0.25) is 0 Å². The summed E-state index contributed by atoms with van der Waals surface area (Å²) in [5.41, 5.74) is 0.662. The number of amides is 1. The first-order valence-electron chi connectivity index (χ1n) is 7.26. The van der Waals surface area contributed by atoms with E-state index in [1.165, 1.54) is 15.3 Å². The van der Waals surface area contributed by atoms with Crippen LogP contribution in [-0.4, -0.2) is 23.8 Å². The fraction of sp³-hybridized carbons (Fsp3) is 0.688. The molecular weight excluding hydrogens is 284 g/mol. The third-order valence-corrected chi connectivity index (χ3v) is 3.98. The molecule has 0 aliphatic carbocycles. The number of hydrogen-bond donors (Lipinski definition) is 2. The molecule has 2 N–H and O–H groups in total. The molecule has 1 heterocycles. The molecule has 21 heavy (non-hydrogen) atoms. The van der Waals surface area contributed by atoms with Crippen molar-refractivity contribution in [2.24, 2.45) is 0 Å². The Bertz CT molecular complexity index is 487. The minimum Gasteiger partial charge on any atom is -0.444 e. The summed E-state index contributed by atoms with van der Waals surface area (Å²) in [6.07, 6.45) is -0.375. The number of rotatable bonds is 5. The van der Waals surface area contributed by atoms with E-state index in [-0.39, 0.29) is 11.6 Å². The maximum Gasteiger partial charge on any atom is 0.407 e. The summed E-state index contributed by atoms with van der Waals surface area (Å²) < 4.78 is 5.24. The van der Waals surface area contributed by atoms with Crippen molar-refractivity contribution in [3.63, 3.8) is 0 Å². The molecule has 0 fully saturated rings. The Morgan fingerprint density at radius 1 is 1.24 bits per heavy atom. The second kappa shape index (κ2) is 6.79. The molecule has 1 amide bonds. The number of hydrogen-bond acceptors (Lipinski definition) is 4. The van der Waals surface area contributed by atoms with E-state index in [1.807, 2.05) is 32.1 Å². The molecular formula is C16H28N2O2S. The van der Waals surface area contributed by atoms with E-state index in [0.29, 0.717) is 6.54 Å². The zero-order valence-electron chi connectivity index (χ0n) is 14.2. The topological polar surface area (TPSA) is 50.4 Å². The molecule has 0 spiro atoms. The molecule has 0 radical (unpaired) electrons. The quantitative estimate of drug-likeness (QED) is 0.870. The number of carbonyl (C=O) groups is 1. The lowest BCUT2D eigenvalue weighted by Gasteiger charge is -2.28. The minimum absolute atomic E-state index is 0.195. The van der Waals surface area contributed by atoms with E-state index in [1.54, 1.807) is 0 Å². The van der Waals surface area contributed by atoms with Gasteiger partial charge >= 0.3 is 6.09 Å². The third kappa shape index (κ3) is 6.96. The standard InChI is InChI=1S/C16H28N2O2S/c1-11-8-13(12(2)21-11)9-18-16(6,7)10-17-14(19)20-15(3,4)5/h8,18H,9-10H2,1-7H3,(H,17,19). The van der Waals surface area contributed by atoms with E-state index in [2.05, 4.69) is 44.4 Å². The summed E-state index contributed by atoms with van der Waals surface area (Å²) in [5.74, 6) is 0. The van der Waals surface area contributed by atoms with Crippen LogP contribution in [0.5, 0.6) is 0 Å². The van der Waals surface area contributed by atoms with Crippen LogP contribution in [-0.2, 0) is 11.3 Å². The summed E-state index contributed by atoms with van der Waals surface area (Å²) in [7, 11) is 0. The van der Waals surface area contributed by atoms with Crippen molar-refractivity contribution in [3.05, 3.63) is 21.4 Å². The highest BCUT2D eigenvalue weighted by atomic mass is 32.1. The Labute approximate surface area is 132 Å². The van der Waals surface area contributed by atoms with Gasteiger partial charge in [-0.1, -0.05) is 0 Å². The van der Waals surface area contributed by atoms with Crippen LogP contribution >= 0.6 is 11.3 Å². The van der Waals surface area contributed by atoms with Crippen LogP contribution in [0.15, 0.2) is 6.07 Å². The Morgan fingerprint density at radius 3 is 2.33 bits per heavy atom. The lowest BCUT2D eigenvalue weighted by molar-refractivity contribution is 0.0513. The fourth-order valence-corrected chi connectivity index (χ4v) is 2.81. The van der Waals surface area contributed by atoms with Crippen LogP contribution in [0.3, 0.4) is 0 Å². The molecule has 1 rings (SSSR count). The van der Waals surface area contributed by atoms with E-state index in [4.69, 9.17) is 4.74 Å². The molecule has 0 aliphatic rings. The van der Waals surface area contributed by atoms with E-state index < -0.39 is 5.60 Å². The Balaban J connectivity index is 2.43. The summed E-state index contributed by atoms with van der Waals surface area (Å²) in [6, 6.07) is 2.21. The highest BCUT2D eigenvalue weighted by Crippen LogP contribution is 2.20. The maximum absolute atomic E-state index is 11.7. The van der Waals surface area contributed by atoms with Crippen molar-refractivity contribution in [1.29, 1.82) is 0 Å². The largest absolute Gasteiger partial charge is 0.444 e. The SMILES string of the molecule is Cc1cc(CNC(C)(C)CNC(=O)OC(C)(C)C)c(C)s1. The van der Waals surface area contributed by atoms with Crippen LogP contribution in [0.25, 0.3) is 0 Å². The van der Waals surface area contributed by atoms with Gasteiger partial charge in [0.15, 0.2) is 0 Å². The van der Waals surface area contributed by atoms with E-state index in [9.17, 15) is 4.79 Å². The molecule has 1 aromatic heterocycles. The van der Waals surface area contributed by atoms with Crippen molar-refractivity contribution in [2.75, 3.05) is 6.54 Å². The number of carbonyl (C=O) groups excluding carboxylic acids is 1. The molecule has 0 unspecified atom stereocenters. The highest BCUT2D eigenvalue weighted by Gasteiger charge is 2.21. The van der Waals surface area contributed by atoms with Crippen LogP contribution in [0.4, 0.5) is 4.79 Å². The van der Waals surface area contributed by atoms with Crippen molar-refractivity contribution in [1.82, 2.24) is 10.6 Å². The molecule has 0 saturated heterocycles. The van der Waals surface area contributed by atoms with Crippen LogP contribution in [0, 0.1) is 13.8 Å². The number of ether oxygens (including phenoxy) is 1. The molecule has 4 nitrogen and oxygen atoms in total. The van der Waals surface area contributed by atoms with Crippen molar-refractivity contribution >= 4 is 17.4 Å². The Morgan fingerprint density at radius 2 is 1.86 bits per heavy atom. The van der Waals surface area contributed by atoms with Crippen LogP contribution < -0.4 is 10.6 Å². The molecule has 0 aromatic carbocycles. The first-order chi connectivity index (χ1) is 9.48. The van der Waals surface area contributed by atoms with E-state index >= 15 is 0 Å². The van der Waals surface area contributed by atoms with Gasteiger partial charge in [0.25, 0.3) is 0 Å². The van der Waals surface area contributed by atoms with E-state index in [0.717, 1.165) is 6.54 Å². The molecule has 0 saturated carbocycles. The molecule has 1 aromatic rings. The van der Waals surface area contributed by atoms with Gasteiger partial charge in [-0.25, -0.2) is 4.79 Å². The summed E-state index contributed by atoms with van der Waals surface area (Å²) >= 11 is 1.81. The first-order valence-corrected chi connectivity index (χ1v) is 8.08. The average molecular weight is 312 g/mol. The highest BCUT2D eigenvalue weighted by molar-refractivity contribution is 7.12. The number of thiophene rings is 1. The van der Waals surface area contributed by atoms with Gasteiger partial charge in [-0.3, -0.25) is 0 Å². The summed E-state index contributed by atoms with van der Waals surface area (Å²) in [4.78, 5) is 14.3. The molecule has 0 aliphatic heterocycles. The Hall–Kier alpha value is -1.07. The average Bonchev–Trinajstić information content (AvgIpc) is 2.61. The molecule has 5 heteroatoms. The van der Waals surface area contributed by atoms with Gasteiger partial charge in [-0.2, -0.15) is 0 Å². The predicted molar refractivity (Wildman–Crippen MR) is 88.9 cm³/mol. The van der Waals surface area contributed by atoms with Gasteiger partial charge < -0.3 is 15.4 Å². The third-order valence-electron chi connectivity index (χ3n) is 2.97. The maximum atomic E-state index is 11.7. The van der Waals surface area contributed by atoms with Gasteiger partial charge in [-0.15, -0.1) is 11.3 Å². The number of aryl methyl sites for hydroxylation is 2. The lowest BCUT2D eigenvalue weighted by atomic mass is 10.1. The molecule has 0 atom stereocenters. The smallest absolute Gasteiger partial charge is 0.407 e. The van der Waals surface area contributed by atoms with Gasteiger partial charge in [-0.05, 0) is 60.1 Å².